The second-order valence-electron chi connectivity index (χ2n) is 8.45. The highest BCUT2D eigenvalue weighted by molar-refractivity contribution is 14.1. The molecule has 0 aromatic carbocycles. The van der Waals surface area contributed by atoms with Crippen molar-refractivity contribution < 1.29 is 19.4 Å². The molecule has 1 saturated heterocycles. The van der Waals surface area contributed by atoms with E-state index < -0.39 is 5.41 Å². The van der Waals surface area contributed by atoms with Gasteiger partial charge in [-0.1, -0.05) is 20.1 Å². The SMILES string of the molecule is C=C(I)C(C)CC(O)CC[C@@H]1O[C@@H](CCCOC(=O)C(C)(C)C)CC1=C. The molecule has 1 fully saturated rings. The summed E-state index contributed by atoms with van der Waals surface area (Å²) in [6.45, 7) is 16.2. The van der Waals surface area contributed by atoms with E-state index >= 15 is 0 Å². The van der Waals surface area contributed by atoms with Gasteiger partial charge in [0.05, 0.1) is 30.3 Å². The Bertz CT molecular complexity index is 495. The van der Waals surface area contributed by atoms with Gasteiger partial charge >= 0.3 is 5.97 Å². The summed E-state index contributed by atoms with van der Waals surface area (Å²) in [4.78, 5) is 11.7. The van der Waals surface area contributed by atoms with Crippen molar-refractivity contribution in [3.05, 3.63) is 22.3 Å². The molecular formula is C21H35IO4. The third kappa shape index (κ3) is 8.53. The third-order valence-corrected chi connectivity index (χ3v) is 5.80. The molecule has 26 heavy (non-hydrogen) atoms. The van der Waals surface area contributed by atoms with Crippen molar-refractivity contribution in [2.45, 2.75) is 84.5 Å². The Hall–Kier alpha value is -0.400. The second kappa shape index (κ2) is 10.8. The fourth-order valence-corrected chi connectivity index (χ4v) is 3.19. The Kier molecular flexibility index (Phi) is 9.83. The van der Waals surface area contributed by atoms with Gasteiger partial charge in [0.2, 0.25) is 0 Å². The minimum absolute atomic E-state index is 0.0323. The highest BCUT2D eigenvalue weighted by Gasteiger charge is 2.29. The van der Waals surface area contributed by atoms with Gasteiger partial charge in [-0.15, -0.1) is 0 Å². The van der Waals surface area contributed by atoms with E-state index in [4.69, 9.17) is 9.47 Å². The van der Waals surface area contributed by atoms with Crippen LogP contribution in [-0.2, 0) is 14.3 Å². The molecule has 2 unspecified atom stereocenters. The highest BCUT2D eigenvalue weighted by atomic mass is 127. The number of aliphatic hydroxyl groups excluding tert-OH is 1. The number of carbonyl (C=O) groups is 1. The minimum Gasteiger partial charge on any atom is -0.465 e. The molecule has 5 heteroatoms. The average molecular weight is 478 g/mol. The zero-order chi connectivity index (χ0) is 19.9. The van der Waals surface area contributed by atoms with Gasteiger partial charge in [-0.05, 0) is 97.0 Å². The molecule has 0 saturated carbocycles. The molecular weight excluding hydrogens is 443 g/mol. The molecule has 1 rings (SSSR count). The van der Waals surface area contributed by atoms with Gasteiger partial charge in [-0.2, -0.15) is 0 Å². The fraction of sp³-hybridized carbons (Fsp3) is 0.762. The van der Waals surface area contributed by atoms with Crippen LogP contribution in [0.5, 0.6) is 0 Å². The first kappa shape index (κ1) is 23.6. The summed E-state index contributed by atoms with van der Waals surface area (Å²) < 4.78 is 12.5. The lowest BCUT2D eigenvalue weighted by molar-refractivity contribution is -0.153. The van der Waals surface area contributed by atoms with Crippen LogP contribution in [0.3, 0.4) is 0 Å². The molecule has 1 aliphatic rings. The predicted molar refractivity (Wildman–Crippen MR) is 114 cm³/mol. The van der Waals surface area contributed by atoms with E-state index in [1.165, 1.54) is 0 Å². The van der Waals surface area contributed by atoms with Gasteiger partial charge in [-0.3, -0.25) is 4.79 Å². The van der Waals surface area contributed by atoms with Gasteiger partial charge < -0.3 is 14.6 Å². The number of esters is 1. The minimum atomic E-state index is -0.453. The van der Waals surface area contributed by atoms with Crippen molar-refractivity contribution in [2.75, 3.05) is 6.61 Å². The van der Waals surface area contributed by atoms with Crippen LogP contribution in [0, 0.1) is 11.3 Å². The molecule has 1 aliphatic heterocycles. The monoisotopic (exact) mass is 478 g/mol. The summed E-state index contributed by atoms with van der Waals surface area (Å²) in [5.41, 5.74) is 0.658. The molecule has 0 bridgehead atoms. The van der Waals surface area contributed by atoms with E-state index in [2.05, 4.69) is 42.7 Å². The fourth-order valence-electron chi connectivity index (χ4n) is 2.93. The Balaban J connectivity index is 2.25. The number of halogens is 1. The molecule has 4 nitrogen and oxygen atoms in total. The van der Waals surface area contributed by atoms with Crippen molar-refractivity contribution in [2.24, 2.45) is 11.3 Å². The first-order valence-electron chi connectivity index (χ1n) is 9.53. The van der Waals surface area contributed by atoms with Crippen molar-refractivity contribution in [1.29, 1.82) is 0 Å². The maximum absolute atomic E-state index is 11.7. The summed E-state index contributed by atoms with van der Waals surface area (Å²) in [6.07, 6.45) is 4.62. The van der Waals surface area contributed by atoms with E-state index in [0.717, 1.165) is 41.3 Å². The molecule has 4 atom stereocenters. The summed E-state index contributed by atoms with van der Waals surface area (Å²) in [7, 11) is 0. The molecule has 0 amide bonds. The Morgan fingerprint density at radius 3 is 2.65 bits per heavy atom. The zero-order valence-electron chi connectivity index (χ0n) is 16.7. The molecule has 0 spiro atoms. The maximum atomic E-state index is 11.7. The maximum Gasteiger partial charge on any atom is 0.311 e. The van der Waals surface area contributed by atoms with E-state index in [9.17, 15) is 9.90 Å². The number of hydrogen-bond acceptors (Lipinski definition) is 4. The topological polar surface area (TPSA) is 55.8 Å². The van der Waals surface area contributed by atoms with E-state index in [1.54, 1.807) is 0 Å². The number of rotatable bonds is 10. The Labute approximate surface area is 172 Å². The second-order valence-corrected chi connectivity index (χ2v) is 9.84. The van der Waals surface area contributed by atoms with Crippen LogP contribution < -0.4 is 0 Å². The molecule has 1 heterocycles. The number of carbonyl (C=O) groups excluding carboxylic acids is 1. The molecule has 150 valence electrons. The van der Waals surface area contributed by atoms with Crippen molar-refractivity contribution >= 4 is 28.6 Å². The average Bonchev–Trinajstić information content (AvgIpc) is 2.88. The molecule has 0 aromatic heterocycles. The lowest BCUT2D eigenvalue weighted by atomic mass is 9.97. The van der Waals surface area contributed by atoms with Gasteiger partial charge in [0.15, 0.2) is 0 Å². The largest absolute Gasteiger partial charge is 0.465 e. The van der Waals surface area contributed by atoms with Crippen LogP contribution in [0.25, 0.3) is 0 Å². The first-order chi connectivity index (χ1) is 12.0. The third-order valence-electron chi connectivity index (χ3n) is 4.74. The number of aliphatic hydroxyl groups is 1. The zero-order valence-corrected chi connectivity index (χ0v) is 18.9. The number of ether oxygens (including phenoxy) is 2. The standard InChI is InChI=1S/C21H35IO4/c1-14(16(3)22)12-17(23)9-10-19-15(2)13-18(26-19)8-7-11-25-20(24)21(4,5)6/h14,17-19,23H,2-3,7-13H2,1,4-6H3/t14?,17?,18-,19-/m0/s1. The lowest BCUT2D eigenvalue weighted by Gasteiger charge is -2.19. The van der Waals surface area contributed by atoms with Gasteiger partial charge in [-0.25, -0.2) is 0 Å². The van der Waals surface area contributed by atoms with Crippen molar-refractivity contribution in [3.8, 4) is 0 Å². The first-order valence-corrected chi connectivity index (χ1v) is 10.6. The summed E-state index contributed by atoms with van der Waals surface area (Å²) in [5.74, 6) is 0.159. The van der Waals surface area contributed by atoms with Gasteiger partial charge in [0.25, 0.3) is 0 Å². The van der Waals surface area contributed by atoms with E-state index in [0.29, 0.717) is 18.9 Å². The number of allylic oxidation sites excluding steroid dienone is 1. The van der Waals surface area contributed by atoms with Gasteiger partial charge in [0.1, 0.15) is 0 Å². The van der Waals surface area contributed by atoms with Crippen LogP contribution in [-0.4, -0.2) is 36.0 Å². The highest BCUT2D eigenvalue weighted by Crippen LogP contribution is 2.31. The molecule has 0 radical (unpaired) electrons. The van der Waals surface area contributed by atoms with Crippen LogP contribution >= 0.6 is 22.6 Å². The van der Waals surface area contributed by atoms with E-state index in [-0.39, 0.29) is 24.3 Å². The quantitative estimate of drug-likeness (QED) is 0.203. The smallest absolute Gasteiger partial charge is 0.311 e. The van der Waals surface area contributed by atoms with Crippen LogP contribution in [0.2, 0.25) is 0 Å². The Morgan fingerprint density at radius 1 is 1.42 bits per heavy atom. The van der Waals surface area contributed by atoms with Crippen LogP contribution in [0.15, 0.2) is 22.3 Å². The van der Waals surface area contributed by atoms with Crippen molar-refractivity contribution in [1.82, 2.24) is 0 Å². The van der Waals surface area contributed by atoms with E-state index in [1.807, 2.05) is 20.8 Å². The summed E-state index contributed by atoms with van der Waals surface area (Å²) >= 11 is 2.22. The summed E-state index contributed by atoms with van der Waals surface area (Å²) in [6, 6.07) is 0. The van der Waals surface area contributed by atoms with Gasteiger partial charge in [0, 0.05) is 0 Å². The van der Waals surface area contributed by atoms with Crippen molar-refractivity contribution in [3.63, 3.8) is 0 Å². The summed E-state index contributed by atoms with van der Waals surface area (Å²) in [5, 5.41) is 10.2. The van der Waals surface area contributed by atoms with Crippen LogP contribution in [0.4, 0.5) is 0 Å². The Morgan fingerprint density at radius 2 is 2.08 bits per heavy atom. The lowest BCUT2D eigenvalue weighted by Crippen LogP contribution is -2.23. The molecule has 0 aliphatic carbocycles. The number of hydrogen-bond donors (Lipinski definition) is 1. The normalized spacial score (nSPS) is 22.9. The predicted octanol–water partition coefficient (Wildman–Crippen LogP) is 5.19. The molecule has 1 N–H and O–H groups in total. The molecule has 0 aromatic rings. The van der Waals surface area contributed by atoms with Crippen LogP contribution in [0.1, 0.15) is 66.2 Å².